The van der Waals surface area contributed by atoms with Crippen molar-refractivity contribution in [2.24, 2.45) is 0 Å². The summed E-state index contributed by atoms with van der Waals surface area (Å²) in [4.78, 5) is 0.350. The average molecular weight is 303 g/mol. The third-order valence-corrected chi connectivity index (χ3v) is 4.49. The minimum absolute atomic E-state index is 0.278. The Bertz CT molecular complexity index is 681. The Morgan fingerprint density at radius 2 is 1.76 bits per heavy atom. The van der Waals surface area contributed by atoms with Gasteiger partial charge in [0.15, 0.2) is 9.84 Å². The lowest BCUT2D eigenvalue weighted by Crippen LogP contribution is -2.16. The molecule has 2 rings (SSSR count). The van der Waals surface area contributed by atoms with Crippen molar-refractivity contribution < 1.29 is 8.42 Å². The fourth-order valence-electron chi connectivity index (χ4n) is 2.20. The Hall–Kier alpha value is -1.81. The Kier molecular flexibility index (Phi) is 5.02. The summed E-state index contributed by atoms with van der Waals surface area (Å²) in [6.07, 6.45) is 3.22. The van der Waals surface area contributed by atoms with Gasteiger partial charge in [0.2, 0.25) is 0 Å². The predicted molar refractivity (Wildman–Crippen MR) is 87.4 cm³/mol. The molecular formula is C17H21NO2S. The van der Waals surface area contributed by atoms with Crippen LogP contribution < -0.4 is 5.32 Å². The molecule has 112 valence electrons. The summed E-state index contributed by atoms with van der Waals surface area (Å²) in [5.74, 6) is 0. The van der Waals surface area contributed by atoms with Crippen LogP contribution in [0, 0.1) is 0 Å². The summed E-state index contributed by atoms with van der Waals surface area (Å²) < 4.78 is 23.1. The summed E-state index contributed by atoms with van der Waals surface area (Å²) in [5.41, 5.74) is 2.16. The summed E-state index contributed by atoms with van der Waals surface area (Å²) in [7, 11) is -3.16. The van der Waals surface area contributed by atoms with Gasteiger partial charge in [-0.25, -0.2) is 8.42 Å². The minimum atomic E-state index is -3.16. The van der Waals surface area contributed by atoms with E-state index in [9.17, 15) is 8.42 Å². The largest absolute Gasteiger partial charge is 0.383 e. The molecular weight excluding hydrogens is 282 g/mol. The molecule has 21 heavy (non-hydrogen) atoms. The molecule has 0 heterocycles. The van der Waals surface area contributed by atoms with E-state index in [1.54, 1.807) is 18.2 Å². The maximum Gasteiger partial charge on any atom is 0.175 e. The number of anilines is 1. The van der Waals surface area contributed by atoms with Gasteiger partial charge in [0.25, 0.3) is 0 Å². The van der Waals surface area contributed by atoms with Gasteiger partial charge < -0.3 is 5.32 Å². The van der Waals surface area contributed by atoms with Crippen LogP contribution in [0.5, 0.6) is 0 Å². The number of rotatable bonds is 6. The number of benzene rings is 2. The monoisotopic (exact) mass is 303 g/mol. The van der Waals surface area contributed by atoms with Gasteiger partial charge in [-0.05, 0) is 43.5 Å². The van der Waals surface area contributed by atoms with E-state index < -0.39 is 9.84 Å². The molecule has 1 atom stereocenters. The number of hydrogen-bond acceptors (Lipinski definition) is 3. The smallest absolute Gasteiger partial charge is 0.175 e. The first-order chi connectivity index (χ1) is 9.95. The van der Waals surface area contributed by atoms with Gasteiger partial charge in [-0.15, -0.1) is 0 Å². The zero-order valence-corrected chi connectivity index (χ0v) is 13.2. The molecule has 0 aromatic heterocycles. The van der Waals surface area contributed by atoms with E-state index in [4.69, 9.17) is 0 Å². The van der Waals surface area contributed by atoms with Crippen molar-refractivity contribution in [2.75, 3.05) is 11.6 Å². The van der Waals surface area contributed by atoms with Crippen LogP contribution in [0.1, 0.15) is 18.9 Å². The summed E-state index contributed by atoms with van der Waals surface area (Å²) >= 11 is 0. The first-order valence-corrected chi connectivity index (χ1v) is 8.95. The number of nitrogens with one attached hydrogen (secondary N) is 1. The molecule has 0 aliphatic carbocycles. The molecule has 0 aliphatic rings. The van der Waals surface area contributed by atoms with Crippen molar-refractivity contribution >= 4 is 15.5 Å². The van der Waals surface area contributed by atoms with Gasteiger partial charge >= 0.3 is 0 Å². The summed E-state index contributed by atoms with van der Waals surface area (Å²) in [5, 5.41) is 3.36. The Morgan fingerprint density at radius 3 is 2.43 bits per heavy atom. The quantitative estimate of drug-likeness (QED) is 0.888. The summed E-state index contributed by atoms with van der Waals surface area (Å²) in [6, 6.07) is 17.6. The Labute approximate surface area is 126 Å². The van der Waals surface area contributed by atoms with Crippen LogP contribution >= 0.6 is 0 Å². The number of sulfone groups is 1. The molecule has 1 unspecified atom stereocenters. The van der Waals surface area contributed by atoms with Crippen LogP contribution in [0.3, 0.4) is 0 Å². The molecule has 0 amide bonds. The fourth-order valence-corrected chi connectivity index (χ4v) is 2.87. The van der Waals surface area contributed by atoms with E-state index in [-0.39, 0.29) is 6.04 Å². The van der Waals surface area contributed by atoms with Crippen molar-refractivity contribution in [2.45, 2.75) is 30.7 Å². The molecule has 0 fully saturated rings. The van der Waals surface area contributed by atoms with Crippen LogP contribution in [0.2, 0.25) is 0 Å². The van der Waals surface area contributed by atoms with Crippen LogP contribution in [0.15, 0.2) is 59.5 Å². The highest BCUT2D eigenvalue weighted by Gasteiger charge is 2.08. The van der Waals surface area contributed by atoms with Crippen LogP contribution in [-0.2, 0) is 16.3 Å². The predicted octanol–water partition coefficient (Wildman–Crippen LogP) is 3.52. The van der Waals surface area contributed by atoms with Crippen molar-refractivity contribution in [3.05, 3.63) is 60.2 Å². The zero-order chi connectivity index (χ0) is 15.3. The molecule has 2 aromatic carbocycles. The van der Waals surface area contributed by atoms with Crippen molar-refractivity contribution in [3.63, 3.8) is 0 Å². The van der Waals surface area contributed by atoms with E-state index in [0.29, 0.717) is 4.90 Å². The molecule has 0 aliphatic heterocycles. The third kappa shape index (κ3) is 4.90. The lowest BCUT2D eigenvalue weighted by molar-refractivity contribution is 0.602. The molecule has 0 bridgehead atoms. The van der Waals surface area contributed by atoms with Gasteiger partial charge in [0.05, 0.1) is 4.90 Å². The molecule has 0 saturated carbocycles. The first kappa shape index (κ1) is 15.6. The molecule has 0 spiro atoms. The van der Waals surface area contributed by atoms with E-state index in [0.717, 1.165) is 18.5 Å². The standard InChI is InChI=1S/C17H21NO2S/c1-14(11-12-15-7-4-3-5-8-15)18-16-9-6-10-17(13-16)21(2,19)20/h3-10,13-14,18H,11-12H2,1-2H3. The zero-order valence-electron chi connectivity index (χ0n) is 12.4. The SMILES string of the molecule is CC(CCc1ccccc1)Nc1cccc(S(C)(=O)=O)c1. The summed E-state index contributed by atoms with van der Waals surface area (Å²) in [6.45, 7) is 2.11. The van der Waals surface area contributed by atoms with Crippen molar-refractivity contribution in [1.82, 2.24) is 0 Å². The van der Waals surface area contributed by atoms with Crippen molar-refractivity contribution in [3.8, 4) is 0 Å². The Balaban J connectivity index is 1.95. The highest BCUT2D eigenvalue weighted by Crippen LogP contribution is 2.17. The van der Waals surface area contributed by atoms with Crippen LogP contribution in [0.25, 0.3) is 0 Å². The maximum absolute atomic E-state index is 11.6. The maximum atomic E-state index is 11.6. The van der Waals surface area contributed by atoms with E-state index in [1.807, 2.05) is 24.3 Å². The minimum Gasteiger partial charge on any atom is -0.383 e. The molecule has 0 saturated heterocycles. The van der Waals surface area contributed by atoms with Gasteiger partial charge in [-0.2, -0.15) is 0 Å². The highest BCUT2D eigenvalue weighted by molar-refractivity contribution is 7.90. The normalized spacial score (nSPS) is 12.9. The van der Waals surface area contributed by atoms with Crippen molar-refractivity contribution in [1.29, 1.82) is 0 Å². The Morgan fingerprint density at radius 1 is 1.05 bits per heavy atom. The average Bonchev–Trinajstić information content (AvgIpc) is 2.46. The molecule has 4 heteroatoms. The van der Waals surface area contributed by atoms with Crippen LogP contribution in [-0.4, -0.2) is 20.7 Å². The van der Waals surface area contributed by atoms with Gasteiger partial charge in [0, 0.05) is 18.0 Å². The lowest BCUT2D eigenvalue weighted by Gasteiger charge is -2.15. The fraction of sp³-hybridized carbons (Fsp3) is 0.294. The second-order valence-electron chi connectivity index (χ2n) is 5.37. The highest BCUT2D eigenvalue weighted by atomic mass is 32.2. The van der Waals surface area contributed by atoms with Gasteiger partial charge in [-0.1, -0.05) is 36.4 Å². The van der Waals surface area contributed by atoms with Gasteiger partial charge in [0.1, 0.15) is 0 Å². The van der Waals surface area contributed by atoms with E-state index >= 15 is 0 Å². The third-order valence-electron chi connectivity index (χ3n) is 3.38. The first-order valence-electron chi connectivity index (χ1n) is 7.06. The second-order valence-corrected chi connectivity index (χ2v) is 7.39. The number of aryl methyl sites for hydroxylation is 1. The van der Waals surface area contributed by atoms with E-state index in [2.05, 4.69) is 24.4 Å². The molecule has 2 aromatic rings. The molecule has 0 radical (unpaired) electrons. The van der Waals surface area contributed by atoms with Crippen LogP contribution in [0.4, 0.5) is 5.69 Å². The van der Waals surface area contributed by atoms with Gasteiger partial charge in [-0.3, -0.25) is 0 Å². The van der Waals surface area contributed by atoms with E-state index in [1.165, 1.54) is 11.8 Å². The molecule has 1 N–H and O–H groups in total. The lowest BCUT2D eigenvalue weighted by atomic mass is 10.1. The number of hydrogen-bond donors (Lipinski definition) is 1. The topological polar surface area (TPSA) is 46.2 Å². The second kappa shape index (κ2) is 6.76. The molecule has 3 nitrogen and oxygen atoms in total.